The molecule has 1 unspecified atom stereocenters. The molecule has 1 amide bonds. The van der Waals surface area contributed by atoms with E-state index in [-0.39, 0.29) is 31.4 Å². The molecule has 2 aromatic rings. The number of hydrogen-bond acceptors (Lipinski definition) is 6. The lowest BCUT2D eigenvalue weighted by atomic mass is 10.2. The highest BCUT2D eigenvalue weighted by Gasteiger charge is 2.17. The second-order valence-electron chi connectivity index (χ2n) is 5.62. The van der Waals surface area contributed by atoms with Gasteiger partial charge in [0.15, 0.2) is 0 Å². The molecule has 2 rings (SSSR count). The molecule has 0 bridgehead atoms. The van der Waals surface area contributed by atoms with Crippen molar-refractivity contribution in [3.05, 3.63) is 52.0 Å². The van der Waals surface area contributed by atoms with E-state index in [1.54, 1.807) is 13.0 Å². The number of amides is 1. The Kier molecular flexibility index (Phi) is 6.07. The van der Waals surface area contributed by atoms with E-state index < -0.39 is 11.0 Å². The van der Waals surface area contributed by atoms with Crippen LogP contribution in [0.5, 0.6) is 5.75 Å². The van der Waals surface area contributed by atoms with E-state index in [2.05, 4.69) is 10.3 Å². The number of nitrogens with zero attached hydrogens (tertiary/aromatic N) is 3. The molecule has 0 radical (unpaired) electrons. The average Bonchev–Trinajstić information content (AvgIpc) is 2.92. The highest BCUT2D eigenvalue weighted by Crippen LogP contribution is 2.12. The predicted octanol–water partition coefficient (Wildman–Crippen LogP) is 0.964. The van der Waals surface area contributed by atoms with Gasteiger partial charge in [0.1, 0.15) is 31.2 Å². The molecule has 0 aliphatic rings. The molecule has 0 fully saturated rings. The van der Waals surface area contributed by atoms with Gasteiger partial charge < -0.3 is 25.3 Å². The van der Waals surface area contributed by atoms with Gasteiger partial charge in [-0.1, -0.05) is 12.1 Å². The zero-order valence-electron chi connectivity index (χ0n) is 14.0. The summed E-state index contributed by atoms with van der Waals surface area (Å²) >= 11 is 0. The first kappa shape index (κ1) is 18.4. The van der Waals surface area contributed by atoms with Crippen molar-refractivity contribution in [2.45, 2.75) is 26.5 Å². The number of aromatic nitrogens is 2. The van der Waals surface area contributed by atoms with Crippen molar-refractivity contribution in [2.75, 3.05) is 13.2 Å². The molecule has 1 aromatic carbocycles. The van der Waals surface area contributed by atoms with E-state index in [1.165, 1.54) is 10.8 Å². The van der Waals surface area contributed by atoms with E-state index in [0.29, 0.717) is 11.6 Å². The summed E-state index contributed by atoms with van der Waals surface area (Å²) in [4.78, 5) is 25.7. The number of imidazole rings is 1. The van der Waals surface area contributed by atoms with Crippen molar-refractivity contribution in [3.8, 4) is 5.75 Å². The summed E-state index contributed by atoms with van der Waals surface area (Å²) in [6.45, 7) is 3.45. The third kappa shape index (κ3) is 5.57. The smallest absolute Gasteiger partial charge is 0.381 e. The highest BCUT2D eigenvalue weighted by atomic mass is 16.6. The molecule has 0 saturated heterocycles. The molecule has 1 heterocycles. The van der Waals surface area contributed by atoms with Crippen molar-refractivity contribution in [3.63, 3.8) is 0 Å². The van der Waals surface area contributed by atoms with Crippen LogP contribution in [0.3, 0.4) is 0 Å². The zero-order chi connectivity index (χ0) is 18.4. The van der Waals surface area contributed by atoms with E-state index >= 15 is 0 Å². The molecule has 1 atom stereocenters. The Balaban J connectivity index is 1.76. The zero-order valence-corrected chi connectivity index (χ0v) is 14.0. The van der Waals surface area contributed by atoms with Crippen LogP contribution in [0, 0.1) is 24.0 Å². The third-order valence-electron chi connectivity index (χ3n) is 3.43. The summed E-state index contributed by atoms with van der Waals surface area (Å²) in [6.07, 6.45) is 0.328. The number of aliphatic hydroxyl groups excluding tert-OH is 1. The van der Waals surface area contributed by atoms with E-state index in [4.69, 9.17) is 4.74 Å². The number of aliphatic hydroxyl groups is 1. The van der Waals surface area contributed by atoms with Gasteiger partial charge in [-0.2, -0.15) is 0 Å². The molecule has 0 saturated carbocycles. The minimum absolute atomic E-state index is 0.0144. The number of nitro groups is 1. The summed E-state index contributed by atoms with van der Waals surface area (Å²) in [7, 11) is 0. The molecule has 0 aliphatic carbocycles. The highest BCUT2D eigenvalue weighted by molar-refractivity contribution is 5.75. The maximum Gasteiger partial charge on any atom is 0.381 e. The van der Waals surface area contributed by atoms with E-state index in [1.807, 2.05) is 25.1 Å². The Morgan fingerprint density at radius 2 is 2.24 bits per heavy atom. The lowest BCUT2D eigenvalue weighted by Crippen LogP contribution is -2.37. The van der Waals surface area contributed by atoms with Crippen LogP contribution >= 0.6 is 0 Å². The Labute approximate surface area is 144 Å². The summed E-state index contributed by atoms with van der Waals surface area (Å²) in [5.74, 6) is 0.318. The Morgan fingerprint density at radius 3 is 2.88 bits per heavy atom. The number of carbonyl (C=O) groups is 1. The second-order valence-corrected chi connectivity index (χ2v) is 5.62. The Bertz CT molecular complexity index is 759. The topological polar surface area (TPSA) is 120 Å². The van der Waals surface area contributed by atoms with Crippen molar-refractivity contribution in [1.82, 2.24) is 14.9 Å². The number of rotatable bonds is 8. The number of aryl methyl sites for hydroxylation is 2. The molecular formula is C16H20N4O5. The first-order chi connectivity index (χ1) is 11.8. The molecule has 9 nitrogen and oxygen atoms in total. The number of carbonyl (C=O) groups excluding carboxylic acids is 1. The van der Waals surface area contributed by atoms with Gasteiger partial charge in [-0.25, -0.2) is 0 Å². The summed E-state index contributed by atoms with van der Waals surface area (Å²) in [6, 6.07) is 7.42. The number of ether oxygens (including phenoxy) is 1. The summed E-state index contributed by atoms with van der Waals surface area (Å²) in [5, 5.41) is 23.1. The van der Waals surface area contributed by atoms with E-state index in [0.717, 1.165) is 5.56 Å². The van der Waals surface area contributed by atoms with Crippen LogP contribution in [-0.2, 0) is 11.3 Å². The minimum Gasteiger partial charge on any atom is -0.491 e. The first-order valence-corrected chi connectivity index (χ1v) is 7.67. The van der Waals surface area contributed by atoms with Crippen LogP contribution in [-0.4, -0.2) is 44.7 Å². The maximum atomic E-state index is 11.9. The molecule has 134 valence electrons. The van der Waals surface area contributed by atoms with Gasteiger partial charge >= 0.3 is 5.82 Å². The lowest BCUT2D eigenvalue weighted by Gasteiger charge is -2.13. The van der Waals surface area contributed by atoms with Crippen LogP contribution in [0.15, 0.2) is 30.5 Å². The van der Waals surface area contributed by atoms with Crippen molar-refractivity contribution in [1.29, 1.82) is 0 Å². The van der Waals surface area contributed by atoms with Gasteiger partial charge in [0.05, 0.1) is 0 Å². The van der Waals surface area contributed by atoms with E-state index in [9.17, 15) is 20.0 Å². The number of benzene rings is 1. The monoisotopic (exact) mass is 348 g/mol. The van der Waals surface area contributed by atoms with Crippen LogP contribution < -0.4 is 10.1 Å². The van der Waals surface area contributed by atoms with Gasteiger partial charge in [-0.15, -0.1) is 0 Å². The van der Waals surface area contributed by atoms with Crippen LogP contribution in [0.4, 0.5) is 5.82 Å². The van der Waals surface area contributed by atoms with Gasteiger partial charge in [0, 0.05) is 13.5 Å². The second kappa shape index (κ2) is 8.25. The Morgan fingerprint density at radius 1 is 1.48 bits per heavy atom. The standard InChI is InChI=1S/C16H20N4O5/c1-11-4-3-5-14(6-11)25-10-13(21)7-17-16(22)9-19-8-15(20(23)24)18-12(19)2/h3-6,8,13,21H,7,9-10H2,1-2H3,(H,17,22). The fraction of sp³-hybridized carbons (Fsp3) is 0.375. The largest absolute Gasteiger partial charge is 0.491 e. The third-order valence-corrected chi connectivity index (χ3v) is 3.43. The molecule has 1 aromatic heterocycles. The fourth-order valence-corrected chi connectivity index (χ4v) is 2.14. The number of hydrogen-bond donors (Lipinski definition) is 2. The molecular weight excluding hydrogens is 328 g/mol. The lowest BCUT2D eigenvalue weighted by molar-refractivity contribution is -0.389. The molecule has 25 heavy (non-hydrogen) atoms. The van der Waals surface area contributed by atoms with Gasteiger partial charge in [0.25, 0.3) is 0 Å². The molecule has 9 heteroatoms. The minimum atomic E-state index is -0.873. The maximum absolute atomic E-state index is 11.9. The molecule has 0 spiro atoms. The quantitative estimate of drug-likeness (QED) is 0.542. The Hall–Kier alpha value is -2.94. The average molecular weight is 348 g/mol. The van der Waals surface area contributed by atoms with Gasteiger partial charge in [-0.3, -0.25) is 9.36 Å². The normalized spacial score (nSPS) is 11.8. The predicted molar refractivity (Wildman–Crippen MR) is 89.3 cm³/mol. The number of nitrogens with one attached hydrogen (secondary N) is 1. The summed E-state index contributed by atoms with van der Waals surface area (Å²) < 4.78 is 6.83. The first-order valence-electron chi connectivity index (χ1n) is 7.67. The van der Waals surface area contributed by atoms with Crippen molar-refractivity contribution < 1.29 is 19.6 Å². The fourth-order valence-electron chi connectivity index (χ4n) is 2.14. The van der Waals surface area contributed by atoms with Crippen LogP contribution in [0.25, 0.3) is 0 Å². The van der Waals surface area contributed by atoms with Crippen LogP contribution in [0.2, 0.25) is 0 Å². The molecule has 0 aliphatic heterocycles. The van der Waals surface area contributed by atoms with Crippen molar-refractivity contribution >= 4 is 11.7 Å². The van der Waals surface area contributed by atoms with Gasteiger partial charge in [-0.05, 0) is 34.5 Å². The van der Waals surface area contributed by atoms with Crippen LogP contribution in [0.1, 0.15) is 11.4 Å². The van der Waals surface area contributed by atoms with Gasteiger partial charge in [0.2, 0.25) is 11.7 Å². The SMILES string of the molecule is Cc1cccc(OCC(O)CNC(=O)Cn2cc([N+](=O)[O-])nc2C)c1. The molecule has 2 N–H and O–H groups in total. The van der Waals surface area contributed by atoms with Crippen molar-refractivity contribution in [2.24, 2.45) is 0 Å². The summed E-state index contributed by atoms with van der Waals surface area (Å²) in [5.41, 5.74) is 1.05.